The summed E-state index contributed by atoms with van der Waals surface area (Å²) in [7, 11) is 0. The third-order valence-electron chi connectivity index (χ3n) is 5.89. The molecule has 132 valence electrons. The Hall–Kier alpha value is -2.41. The van der Waals surface area contributed by atoms with Crippen LogP contribution in [0.25, 0.3) is 16.7 Å². The topological polar surface area (TPSA) is 12.9 Å². The van der Waals surface area contributed by atoms with Gasteiger partial charge in [0.1, 0.15) is 0 Å². The molecular weight excluding hydrogens is 314 g/mol. The minimum Gasteiger partial charge on any atom is -0.260 e. The smallest absolute Gasteiger partial charge is 0.0529 e. The zero-order chi connectivity index (χ0) is 18.5. The van der Waals surface area contributed by atoms with Gasteiger partial charge in [0.15, 0.2) is 0 Å². The maximum absolute atomic E-state index is 4.94. The molecule has 1 nitrogen and oxygen atoms in total. The summed E-state index contributed by atoms with van der Waals surface area (Å²) in [6, 6.07) is 8.80. The van der Waals surface area contributed by atoms with Gasteiger partial charge in [-0.2, -0.15) is 0 Å². The van der Waals surface area contributed by atoms with Crippen molar-refractivity contribution in [1.29, 1.82) is 0 Å². The molecule has 1 aromatic carbocycles. The van der Waals surface area contributed by atoms with Crippen LogP contribution in [0.5, 0.6) is 0 Å². The summed E-state index contributed by atoms with van der Waals surface area (Å²) in [6.45, 7) is 13.3. The van der Waals surface area contributed by atoms with Gasteiger partial charge in [0.2, 0.25) is 0 Å². The second-order valence-electron chi connectivity index (χ2n) is 8.85. The van der Waals surface area contributed by atoms with Crippen LogP contribution in [0, 0.1) is 0 Å². The number of hydrogen-bond donors (Lipinski definition) is 0. The fraction of sp³-hybridized carbons (Fsp3) is 0.320. The van der Waals surface area contributed by atoms with E-state index in [0.717, 1.165) is 6.42 Å². The lowest BCUT2D eigenvalue weighted by atomic mass is 9.76. The van der Waals surface area contributed by atoms with Crippen LogP contribution in [-0.2, 0) is 17.3 Å². The number of aromatic nitrogens is 1. The monoisotopic (exact) mass is 341 g/mol. The first-order valence-corrected chi connectivity index (χ1v) is 9.46. The predicted octanol–water partition coefficient (Wildman–Crippen LogP) is 6.39. The van der Waals surface area contributed by atoms with E-state index in [9.17, 15) is 0 Å². The summed E-state index contributed by atoms with van der Waals surface area (Å²) in [6.07, 6.45) is 12.3. The molecule has 2 aliphatic carbocycles. The quantitative estimate of drug-likeness (QED) is 0.577. The predicted molar refractivity (Wildman–Crippen MR) is 111 cm³/mol. The summed E-state index contributed by atoms with van der Waals surface area (Å²) in [5, 5.41) is 0. The van der Waals surface area contributed by atoms with Gasteiger partial charge in [0, 0.05) is 18.2 Å². The van der Waals surface area contributed by atoms with E-state index in [-0.39, 0.29) is 10.8 Å². The van der Waals surface area contributed by atoms with Gasteiger partial charge in [-0.3, -0.25) is 4.98 Å². The van der Waals surface area contributed by atoms with Crippen molar-refractivity contribution in [3.63, 3.8) is 0 Å². The second-order valence-corrected chi connectivity index (χ2v) is 8.85. The van der Waals surface area contributed by atoms with Gasteiger partial charge in [-0.15, -0.1) is 0 Å². The molecule has 0 atom stereocenters. The lowest BCUT2D eigenvalue weighted by Gasteiger charge is -2.29. The molecule has 0 spiro atoms. The fourth-order valence-corrected chi connectivity index (χ4v) is 5.13. The standard InChI is InChI=1S/C25H27N/c1-6-7-8-11-17-14-21-22(19-13-10-9-12-18(17)19)23-20(15-26-21)24(2,3)16-25(23,4)5/h6-13,15H,1,14,16H2,2-5H3. The van der Waals surface area contributed by atoms with Gasteiger partial charge < -0.3 is 0 Å². The Bertz CT molecular complexity index is 954. The van der Waals surface area contributed by atoms with Crippen LogP contribution >= 0.6 is 0 Å². The first kappa shape index (κ1) is 17.0. The lowest BCUT2D eigenvalue weighted by molar-refractivity contribution is 0.403. The molecule has 1 aromatic heterocycles. The van der Waals surface area contributed by atoms with E-state index in [0.29, 0.717) is 0 Å². The van der Waals surface area contributed by atoms with Gasteiger partial charge >= 0.3 is 0 Å². The lowest BCUT2D eigenvalue weighted by Crippen LogP contribution is -2.19. The Morgan fingerprint density at radius 2 is 1.73 bits per heavy atom. The van der Waals surface area contributed by atoms with E-state index in [1.807, 2.05) is 12.2 Å². The van der Waals surface area contributed by atoms with Gasteiger partial charge in [0.25, 0.3) is 0 Å². The van der Waals surface area contributed by atoms with Gasteiger partial charge in [0.05, 0.1) is 5.69 Å². The van der Waals surface area contributed by atoms with Gasteiger partial charge in [-0.05, 0) is 45.1 Å². The van der Waals surface area contributed by atoms with E-state index >= 15 is 0 Å². The number of allylic oxidation sites excluding steroid dienone is 5. The number of pyridine rings is 1. The summed E-state index contributed by atoms with van der Waals surface area (Å²) < 4.78 is 0. The SMILES string of the molecule is C=CC=CC=C1Cc2ncc3c(c2-c2ccccc21)C(C)(C)CC3(C)C. The highest BCUT2D eigenvalue weighted by molar-refractivity contribution is 5.90. The van der Waals surface area contributed by atoms with Crippen molar-refractivity contribution in [2.45, 2.75) is 51.4 Å². The van der Waals surface area contributed by atoms with Crippen molar-refractivity contribution in [2.24, 2.45) is 0 Å². The molecular formula is C25H27N. The normalized spacial score (nSPS) is 20.7. The van der Waals surface area contributed by atoms with E-state index in [1.165, 1.54) is 45.5 Å². The van der Waals surface area contributed by atoms with Crippen LogP contribution in [-0.4, -0.2) is 4.98 Å². The minimum absolute atomic E-state index is 0.170. The third kappa shape index (κ3) is 2.49. The van der Waals surface area contributed by atoms with E-state index < -0.39 is 0 Å². The molecule has 0 amide bonds. The van der Waals surface area contributed by atoms with Crippen molar-refractivity contribution in [3.8, 4) is 11.1 Å². The van der Waals surface area contributed by atoms with Crippen molar-refractivity contribution < 1.29 is 0 Å². The Balaban J connectivity index is 2.00. The Labute approximate surface area is 157 Å². The number of benzene rings is 1. The maximum atomic E-state index is 4.94. The molecule has 0 unspecified atom stereocenters. The van der Waals surface area contributed by atoms with E-state index in [2.05, 4.69) is 76.9 Å². The molecule has 2 aliphatic rings. The first-order valence-electron chi connectivity index (χ1n) is 9.46. The molecule has 0 aliphatic heterocycles. The molecule has 4 rings (SSSR count). The molecule has 0 bridgehead atoms. The first-order chi connectivity index (χ1) is 12.3. The molecule has 0 fully saturated rings. The van der Waals surface area contributed by atoms with Crippen molar-refractivity contribution >= 4 is 5.57 Å². The summed E-state index contributed by atoms with van der Waals surface area (Å²) >= 11 is 0. The zero-order valence-electron chi connectivity index (χ0n) is 16.3. The van der Waals surface area contributed by atoms with Crippen LogP contribution in [0.15, 0.2) is 61.3 Å². The van der Waals surface area contributed by atoms with Gasteiger partial charge in [-0.1, -0.05) is 82.8 Å². The number of hydrogen-bond acceptors (Lipinski definition) is 1. The van der Waals surface area contributed by atoms with Crippen molar-refractivity contribution in [1.82, 2.24) is 4.98 Å². The van der Waals surface area contributed by atoms with Crippen molar-refractivity contribution in [3.05, 3.63) is 83.7 Å². The fourth-order valence-electron chi connectivity index (χ4n) is 5.13. The molecule has 0 radical (unpaired) electrons. The average Bonchev–Trinajstić information content (AvgIpc) is 2.79. The third-order valence-corrected chi connectivity index (χ3v) is 5.89. The molecule has 1 heteroatoms. The summed E-state index contributed by atoms with van der Waals surface area (Å²) in [5.74, 6) is 0. The number of rotatable bonds is 2. The highest BCUT2D eigenvalue weighted by Gasteiger charge is 2.45. The summed E-state index contributed by atoms with van der Waals surface area (Å²) in [5.41, 5.74) is 9.89. The van der Waals surface area contributed by atoms with Crippen LogP contribution in [0.1, 0.15) is 56.5 Å². The molecule has 0 N–H and O–H groups in total. The zero-order valence-corrected chi connectivity index (χ0v) is 16.3. The molecule has 26 heavy (non-hydrogen) atoms. The Kier molecular flexibility index (Phi) is 3.80. The average molecular weight is 341 g/mol. The number of nitrogens with zero attached hydrogens (tertiary/aromatic N) is 1. The van der Waals surface area contributed by atoms with Crippen LogP contribution in [0.3, 0.4) is 0 Å². The number of fused-ring (bicyclic) bond motifs is 5. The Morgan fingerprint density at radius 3 is 2.46 bits per heavy atom. The highest BCUT2D eigenvalue weighted by atomic mass is 14.7. The Morgan fingerprint density at radius 1 is 1.00 bits per heavy atom. The van der Waals surface area contributed by atoms with E-state index in [1.54, 1.807) is 0 Å². The molecule has 2 aromatic rings. The molecule has 0 saturated heterocycles. The summed E-state index contributed by atoms with van der Waals surface area (Å²) in [4.78, 5) is 4.94. The van der Waals surface area contributed by atoms with Gasteiger partial charge in [-0.25, -0.2) is 0 Å². The van der Waals surface area contributed by atoms with Crippen molar-refractivity contribution in [2.75, 3.05) is 0 Å². The van der Waals surface area contributed by atoms with Crippen LogP contribution in [0.4, 0.5) is 0 Å². The van der Waals surface area contributed by atoms with Crippen LogP contribution in [0.2, 0.25) is 0 Å². The second kappa shape index (κ2) is 5.81. The largest absolute Gasteiger partial charge is 0.260 e. The minimum atomic E-state index is 0.170. The molecule has 1 heterocycles. The van der Waals surface area contributed by atoms with E-state index in [4.69, 9.17) is 4.98 Å². The van der Waals surface area contributed by atoms with Crippen LogP contribution < -0.4 is 0 Å². The maximum Gasteiger partial charge on any atom is 0.0529 e. The molecule has 0 saturated carbocycles. The highest BCUT2D eigenvalue weighted by Crippen LogP contribution is 2.54.